The van der Waals surface area contributed by atoms with E-state index in [1.54, 1.807) is 0 Å². The number of carboxylic acid groups (broad SMARTS) is 1. The van der Waals surface area contributed by atoms with Gasteiger partial charge in [0.2, 0.25) is 0 Å². The third-order valence-electron chi connectivity index (χ3n) is 3.98. The van der Waals surface area contributed by atoms with Crippen molar-refractivity contribution in [1.82, 2.24) is 0 Å². The molecule has 0 unspecified atom stereocenters. The summed E-state index contributed by atoms with van der Waals surface area (Å²) in [7, 11) is 0. The van der Waals surface area contributed by atoms with Crippen LogP contribution in [0.15, 0.2) is 30.3 Å². The minimum Gasteiger partial charge on any atom is -0.481 e. The smallest absolute Gasteiger partial charge is 0.303 e. The Morgan fingerprint density at radius 2 is 1.82 bits per heavy atom. The van der Waals surface area contributed by atoms with Gasteiger partial charge in [-0.25, -0.2) is 0 Å². The van der Waals surface area contributed by atoms with Gasteiger partial charge in [-0.1, -0.05) is 43.2 Å². The van der Waals surface area contributed by atoms with Gasteiger partial charge in [0, 0.05) is 0 Å². The van der Waals surface area contributed by atoms with Crippen molar-refractivity contribution in [2.75, 3.05) is 0 Å². The van der Waals surface area contributed by atoms with Gasteiger partial charge in [0.05, 0.1) is 6.42 Å². The fourth-order valence-electron chi connectivity index (χ4n) is 3.02. The molecule has 0 saturated heterocycles. The molecule has 0 atom stereocenters. The van der Waals surface area contributed by atoms with Crippen molar-refractivity contribution >= 4 is 5.97 Å². The molecule has 0 aliphatic heterocycles. The van der Waals surface area contributed by atoms with E-state index < -0.39 is 5.97 Å². The molecule has 2 rings (SSSR count). The molecule has 17 heavy (non-hydrogen) atoms. The lowest BCUT2D eigenvalue weighted by molar-refractivity contribution is -0.139. The number of benzene rings is 1. The van der Waals surface area contributed by atoms with Crippen LogP contribution in [0.25, 0.3) is 0 Å². The first-order valence-electron chi connectivity index (χ1n) is 6.46. The van der Waals surface area contributed by atoms with E-state index in [9.17, 15) is 4.79 Å². The van der Waals surface area contributed by atoms with Crippen LogP contribution in [0.5, 0.6) is 0 Å². The fourth-order valence-corrected chi connectivity index (χ4v) is 3.02. The van der Waals surface area contributed by atoms with E-state index in [1.165, 1.54) is 18.4 Å². The molecular weight excluding hydrogens is 212 g/mol. The Bertz CT molecular complexity index is 364. The lowest BCUT2D eigenvalue weighted by Crippen LogP contribution is -2.21. The Kier molecular flexibility index (Phi) is 3.82. The van der Waals surface area contributed by atoms with Gasteiger partial charge in [0.15, 0.2) is 0 Å². The van der Waals surface area contributed by atoms with Crippen molar-refractivity contribution in [3.63, 3.8) is 0 Å². The molecule has 1 aromatic rings. The maximum Gasteiger partial charge on any atom is 0.303 e. The minimum absolute atomic E-state index is 0.0711. The monoisotopic (exact) mass is 232 g/mol. The van der Waals surface area contributed by atoms with Crippen LogP contribution < -0.4 is 0 Å². The molecular formula is C15H20O2. The minimum atomic E-state index is -0.639. The molecule has 92 valence electrons. The zero-order valence-electron chi connectivity index (χ0n) is 10.2. The molecule has 0 spiro atoms. The lowest BCUT2D eigenvalue weighted by atomic mass is 9.78. The molecule has 1 aliphatic rings. The molecule has 1 N–H and O–H groups in total. The van der Waals surface area contributed by atoms with Crippen LogP contribution in [-0.2, 0) is 11.2 Å². The van der Waals surface area contributed by atoms with E-state index in [2.05, 4.69) is 12.1 Å². The molecule has 0 bridgehead atoms. The van der Waals surface area contributed by atoms with Crippen LogP contribution in [-0.4, -0.2) is 11.1 Å². The van der Waals surface area contributed by atoms with Gasteiger partial charge in [-0.2, -0.15) is 0 Å². The van der Waals surface area contributed by atoms with Gasteiger partial charge >= 0.3 is 5.97 Å². The van der Waals surface area contributed by atoms with Crippen LogP contribution in [0.4, 0.5) is 0 Å². The summed E-state index contributed by atoms with van der Waals surface area (Å²) in [6, 6.07) is 10.4. The van der Waals surface area contributed by atoms with E-state index in [-0.39, 0.29) is 5.41 Å². The number of hydrogen-bond acceptors (Lipinski definition) is 1. The predicted octanol–water partition coefficient (Wildman–Crippen LogP) is 3.65. The standard InChI is InChI=1S/C15H20O2/c16-14(17)12-15(9-4-5-10-15)11-8-13-6-2-1-3-7-13/h1-3,6-7H,4-5,8-12H2,(H,16,17). The number of rotatable bonds is 5. The number of hydrogen-bond donors (Lipinski definition) is 1. The molecule has 1 aliphatic carbocycles. The van der Waals surface area contributed by atoms with Crippen LogP contribution in [0.3, 0.4) is 0 Å². The van der Waals surface area contributed by atoms with Gasteiger partial charge in [-0.15, -0.1) is 0 Å². The summed E-state index contributed by atoms with van der Waals surface area (Å²) in [4.78, 5) is 11.0. The summed E-state index contributed by atoms with van der Waals surface area (Å²) in [5.74, 6) is -0.639. The Labute approximate surface area is 103 Å². The largest absolute Gasteiger partial charge is 0.481 e. The zero-order chi connectivity index (χ0) is 12.1. The molecule has 0 aromatic heterocycles. The first kappa shape index (κ1) is 12.2. The average Bonchev–Trinajstić information content (AvgIpc) is 2.76. The first-order valence-corrected chi connectivity index (χ1v) is 6.46. The summed E-state index contributed by atoms with van der Waals surface area (Å²) < 4.78 is 0. The second-order valence-corrected chi connectivity index (χ2v) is 5.26. The van der Waals surface area contributed by atoms with Gasteiger partial charge in [-0.05, 0) is 36.7 Å². The summed E-state index contributed by atoms with van der Waals surface area (Å²) in [5.41, 5.74) is 1.39. The Morgan fingerprint density at radius 3 is 2.41 bits per heavy atom. The number of aliphatic carboxylic acids is 1. The van der Waals surface area contributed by atoms with Gasteiger partial charge in [0.25, 0.3) is 0 Å². The van der Waals surface area contributed by atoms with Gasteiger partial charge in [0.1, 0.15) is 0 Å². The molecule has 0 heterocycles. The van der Waals surface area contributed by atoms with Crippen LogP contribution >= 0.6 is 0 Å². The molecule has 1 saturated carbocycles. The Morgan fingerprint density at radius 1 is 1.18 bits per heavy atom. The highest BCUT2D eigenvalue weighted by Crippen LogP contribution is 2.44. The van der Waals surface area contributed by atoms with Crippen molar-refractivity contribution in [2.24, 2.45) is 5.41 Å². The molecule has 2 heteroatoms. The van der Waals surface area contributed by atoms with E-state index in [4.69, 9.17) is 5.11 Å². The quantitative estimate of drug-likeness (QED) is 0.841. The summed E-state index contributed by atoms with van der Waals surface area (Å²) in [5, 5.41) is 9.04. The topological polar surface area (TPSA) is 37.3 Å². The van der Waals surface area contributed by atoms with Gasteiger partial charge in [-0.3, -0.25) is 4.79 Å². The fraction of sp³-hybridized carbons (Fsp3) is 0.533. The second-order valence-electron chi connectivity index (χ2n) is 5.26. The number of carboxylic acids is 1. The number of carbonyl (C=O) groups is 1. The highest BCUT2D eigenvalue weighted by molar-refractivity contribution is 5.67. The van der Waals surface area contributed by atoms with Crippen LogP contribution in [0.1, 0.15) is 44.1 Å². The average molecular weight is 232 g/mol. The van der Waals surface area contributed by atoms with Crippen LogP contribution in [0.2, 0.25) is 0 Å². The van der Waals surface area contributed by atoms with Gasteiger partial charge < -0.3 is 5.11 Å². The molecule has 2 nitrogen and oxygen atoms in total. The van der Waals surface area contributed by atoms with E-state index in [0.29, 0.717) is 6.42 Å². The van der Waals surface area contributed by atoms with Crippen molar-refractivity contribution < 1.29 is 9.90 Å². The molecule has 0 radical (unpaired) electrons. The first-order chi connectivity index (χ1) is 8.20. The van der Waals surface area contributed by atoms with E-state index >= 15 is 0 Å². The van der Waals surface area contributed by atoms with E-state index in [1.807, 2.05) is 18.2 Å². The van der Waals surface area contributed by atoms with Crippen molar-refractivity contribution in [3.05, 3.63) is 35.9 Å². The highest BCUT2D eigenvalue weighted by atomic mass is 16.4. The van der Waals surface area contributed by atoms with E-state index in [0.717, 1.165) is 25.7 Å². The normalized spacial score (nSPS) is 18.1. The highest BCUT2D eigenvalue weighted by Gasteiger charge is 2.35. The van der Waals surface area contributed by atoms with Crippen molar-refractivity contribution in [2.45, 2.75) is 44.9 Å². The zero-order valence-corrected chi connectivity index (χ0v) is 10.2. The molecule has 1 fully saturated rings. The SMILES string of the molecule is O=C(O)CC1(CCc2ccccc2)CCCC1. The van der Waals surface area contributed by atoms with Crippen molar-refractivity contribution in [1.29, 1.82) is 0 Å². The predicted molar refractivity (Wildman–Crippen MR) is 67.9 cm³/mol. The lowest BCUT2D eigenvalue weighted by Gasteiger charge is -2.27. The molecule has 1 aromatic carbocycles. The maximum atomic E-state index is 11.0. The third kappa shape index (κ3) is 3.32. The molecule has 0 amide bonds. The third-order valence-corrected chi connectivity index (χ3v) is 3.98. The summed E-state index contributed by atoms with van der Waals surface area (Å²) in [6.07, 6.45) is 6.94. The summed E-state index contributed by atoms with van der Waals surface area (Å²) >= 11 is 0. The maximum absolute atomic E-state index is 11.0. The van der Waals surface area contributed by atoms with Crippen molar-refractivity contribution in [3.8, 4) is 0 Å². The second kappa shape index (κ2) is 5.35. The Hall–Kier alpha value is -1.31. The number of aryl methyl sites for hydroxylation is 1. The summed E-state index contributed by atoms with van der Waals surface area (Å²) in [6.45, 7) is 0. The van der Waals surface area contributed by atoms with Crippen LogP contribution in [0, 0.1) is 5.41 Å². The Balaban J connectivity index is 1.96.